The van der Waals surface area contributed by atoms with Crippen LogP contribution in [0.15, 0.2) is 0 Å². The fourth-order valence-electron chi connectivity index (χ4n) is 3.82. The van der Waals surface area contributed by atoms with E-state index < -0.39 is 54.3 Å². The number of aliphatic carboxylic acids is 1. The predicted molar refractivity (Wildman–Crippen MR) is 124 cm³/mol. The van der Waals surface area contributed by atoms with Crippen LogP contribution in [0, 0.1) is 0 Å². The van der Waals surface area contributed by atoms with E-state index >= 15 is 0 Å². The van der Waals surface area contributed by atoms with Gasteiger partial charge in [-0.3, -0.25) is 24.0 Å². The molecule has 0 unspecified atom stereocenters. The Morgan fingerprint density at radius 3 is 2.09 bits per heavy atom. The number of rotatable bonds is 16. The van der Waals surface area contributed by atoms with Crippen molar-refractivity contribution in [3.8, 4) is 0 Å². The lowest BCUT2D eigenvalue weighted by Gasteiger charge is -2.30. The second kappa shape index (κ2) is 16.0. The normalized spacial score (nSPS) is 17.0. The smallest absolute Gasteiger partial charge is 0.322 e. The van der Waals surface area contributed by atoms with E-state index in [1.165, 1.54) is 4.90 Å². The van der Waals surface area contributed by atoms with Crippen molar-refractivity contribution in [1.82, 2.24) is 20.9 Å². The molecule has 10 N–H and O–H groups in total. The van der Waals surface area contributed by atoms with Gasteiger partial charge >= 0.3 is 5.97 Å². The molecule has 34 heavy (non-hydrogen) atoms. The van der Waals surface area contributed by atoms with Gasteiger partial charge < -0.3 is 43.2 Å². The zero-order valence-electron chi connectivity index (χ0n) is 19.6. The van der Waals surface area contributed by atoms with E-state index in [9.17, 15) is 24.0 Å². The lowest BCUT2D eigenvalue weighted by atomic mass is 10.0. The van der Waals surface area contributed by atoms with Gasteiger partial charge in [0.05, 0.1) is 6.54 Å². The predicted octanol–water partition coefficient (Wildman–Crippen LogP) is -2.64. The van der Waals surface area contributed by atoms with Crippen molar-refractivity contribution in [2.75, 3.05) is 32.7 Å². The summed E-state index contributed by atoms with van der Waals surface area (Å²) < 4.78 is 0. The van der Waals surface area contributed by atoms with Crippen molar-refractivity contribution >= 4 is 29.6 Å². The maximum Gasteiger partial charge on any atom is 0.322 e. The van der Waals surface area contributed by atoms with Crippen molar-refractivity contribution in [3.05, 3.63) is 0 Å². The van der Waals surface area contributed by atoms with Crippen molar-refractivity contribution in [3.63, 3.8) is 0 Å². The summed E-state index contributed by atoms with van der Waals surface area (Å²) in [6.45, 7) is 0.365. The number of likely N-dealkylation sites (tertiary alicyclic amines) is 1. The molecule has 0 radical (unpaired) electrons. The summed E-state index contributed by atoms with van der Waals surface area (Å²) in [5.41, 5.74) is 16.5. The summed E-state index contributed by atoms with van der Waals surface area (Å²) in [6.07, 6.45) is 4.11. The maximum absolute atomic E-state index is 13.3. The molecule has 1 heterocycles. The van der Waals surface area contributed by atoms with Gasteiger partial charge in [0.2, 0.25) is 23.6 Å². The van der Waals surface area contributed by atoms with Crippen LogP contribution in [0.3, 0.4) is 0 Å². The zero-order chi connectivity index (χ0) is 25.5. The number of amides is 4. The Balaban J connectivity index is 2.96. The third-order valence-corrected chi connectivity index (χ3v) is 5.60. The summed E-state index contributed by atoms with van der Waals surface area (Å²) in [4.78, 5) is 62.8. The Hall–Kier alpha value is -2.77. The van der Waals surface area contributed by atoms with Crippen molar-refractivity contribution in [1.29, 1.82) is 0 Å². The number of nitrogens with two attached hydrogens (primary N) is 3. The van der Waals surface area contributed by atoms with E-state index in [2.05, 4.69) is 16.0 Å². The number of carbonyl (C=O) groups is 5. The summed E-state index contributed by atoms with van der Waals surface area (Å²) in [5, 5.41) is 16.4. The summed E-state index contributed by atoms with van der Waals surface area (Å²) >= 11 is 0. The number of unbranched alkanes of at least 4 members (excludes halogenated alkanes) is 2. The van der Waals surface area contributed by atoms with Gasteiger partial charge in [0.15, 0.2) is 0 Å². The molecule has 13 heteroatoms. The van der Waals surface area contributed by atoms with Gasteiger partial charge in [-0.2, -0.15) is 0 Å². The molecule has 1 fully saturated rings. The molecule has 0 aliphatic carbocycles. The van der Waals surface area contributed by atoms with Gasteiger partial charge in [-0.1, -0.05) is 0 Å². The van der Waals surface area contributed by atoms with Gasteiger partial charge in [0, 0.05) is 6.54 Å². The first-order chi connectivity index (χ1) is 16.2. The minimum Gasteiger partial charge on any atom is -0.480 e. The molecule has 0 aromatic heterocycles. The molecule has 1 rings (SSSR count). The molecule has 0 aromatic rings. The second-order valence-corrected chi connectivity index (χ2v) is 8.26. The molecular formula is C21H39N7O6. The third kappa shape index (κ3) is 10.0. The summed E-state index contributed by atoms with van der Waals surface area (Å²) in [7, 11) is 0. The first kappa shape index (κ1) is 29.3. The number of hydrogen-bond donors (Lipinski definition) is 7. The minimum absolute atomic E-state index is 0.277. The number of carboxylic acids is 1. The van der Waals surface area contributed by atoms with Crippen molar-refractivity contribution < 1.29 is 29.1 Å². The average molecular weight is 486 g/mol. The first-order valence-corrected chi connectivity index (χ1v) is 11.7. The molecule has 1 aliphatic rings. The van der Waals surface area contributed by atoms with Crippen LogP contribution >= 0.6 is 0 Å². The molecule has 194 valence electrons. The standard InChI is InChI=1S/C21H39N7O6/c22-9-3-1-6-14(26-17(29)12-24)19(32)27-15(7-2-4-10-23)21(34)28-11-5-8-16(28)20(33)25-13-18(30)31/h14-16H,1-13,22-24H2,(H,25,33)(H,26,29)(H,27,32)(H,30,31)/t14-,15-,16-/m0/s1. The van der Waals surface area contributed by atoms with E-state index in [1.807, 2.05) is 0 Å². The highest BCUT2D eigenvalue weighted by Crippen LogP contribution is 2.20. The van der Waals surface area contributed by atoms with Crippen LogP contribution in [0.4, 0.5) is 0 Å². The van der Waals surface area contributed by atoms with Gasteiger partial charge in [-0.25, -0.2) is 0 Å². The molecule has 0 spiro atoms. The molecule has 4 amide bonds. The lowest BCUT2D eigenvalue weighted by molar-refractivity contribution is -0.143. The summed E-state index contributed by atoms with van der Waals surface area (Å²) in [6, 6.07) is -2.60. The van der Waals surface area contributed by atoms with E-state index in [1.54, 1.807) is 0 Å². The van der Waals surface area contributed by atoms with Crippen molar-refractivity contribution in [2.45, 2.75) is 69.5 Å². The van der Waals surface area contributed by atoms with Crippen LogP contribution < -0.4 is 33.2 Å². The highest BCUT2D eigenvalue weighted by atomic mass is 16.4. The van der Waals surface area contributed by atoms with Crippen LogP contribution in [0.2, 0.25) is 0 Å². The quantitative estimate of drug-likeness (QED) is 0.113. The molecule has 0 saturated carbocycles. The summed E-state index contributed by atoms with van der Waals surface area (Å²) in [5.74, 6) is -3.17. The molecule has 0 bridgehead atoms. The van der Waals surface area contributed by atoms with Gasteiger partial charge in [-0.15, -0.1) is 0 Å². The van der Waals surface area contributed by atoms with Gasteiger partial charge in [0.25, 0.3) is 0 Å². The van der Waals surface area contributed by atoms with Crippen LogP contribution in [-0.2, 0) is 24.0 Å². The maximum atomic E-state index is 13.3. The minimum atomic E-state index is -1.18. The Bertz CT molecular complexity index is 705. The zero-order valence-corrected chi connectivity index (χ0v) is 19.6. The fraction of sp³-hybridized carbons (Fsp3) is 0.762. The van der Waals surface area contributed by atoms with E-state index in [4.69, 9.17) is 22.3 Å². The molecule has 13 nitrogen and oxygen atoms in total. The van der Waals surface area contributed by atoms with E-state index in [0.29, 0.717) is 71.0 Å². The molecule has 0 aromatic carbocycles. The number of carbonyl (C=O) groups excluding carboxylic acids is 4. The SMILES string of the molecule is NCCCC[C@H](NC(=O)CN)C(=O)N[C@@H](CCCCN)C(=O)N1CCC[C@H]1C(=O)NCC(=O)O. The molecule has 1 saturated heterocycles. The van der Waals surface area contributed by atoms with Crippen molar-refractivity contribution in [2.24, 2.45) is 17.2 Å². The number of nitrogens with zero attached hydrogens (tertiary/aromatic N) is 1. The Labute approximate surface area is 199 Å². The fourth-order valence-corrected chi connectivity index (χ4v) is 3.82. The van der Waals surface area contributed by atoms with Crippen LogP contribution in [-0.4, -0.2) is 90.5 Å². The lowest BCUT2D eigenvalue weighted by Crippen LogP contribution is -2.57. The first-order valence-electron chi connectivity index (χ1n) is 11.7. The van der Waals surface area contributed by atoms with E-state index in [-0.39, 0.29) is 6.54 Å². The Kier molecular flexibility index (Phi) is 13.7. The largest absolute Gasteiger partial charge is 0.480 e. The van der Waals surface area contributed by atoms with Crippen LogP contribution in [0.25, 0.3) is 0 Å². The molecular weight excluding hydrogens is 446 g/mol. The number of nitrogens with one attached hydrogen (secondary N) is 3. The highest BCUT2D eigenvalue weighted by Gasteiger charge is 2.38. The highest BCUT2D eigenvalue weighted by molar-refractivity contribution is 5.95. The monoisotopic (exact) mass is 485 g/mol. The Morgan fingerprint density at radius 2 is 1.53 bits per heavy atom. The topological polar surface area (TPSA) is 223 Å². The average Bonchev–Trinajstić information content (AvgIpc) is 3.30. The van der Waals surface area contributed by atoms with E-state index in [0.717, 1.165) is 0 Å². The second-order valence-electron chi connectivity index (χ2n) is 8.26. The van der Waals surface area contributed by atoms with Gasteiger partial charge in [-0.05, 0) is 64.5 Å². The molecule has 1 aliphatic heterocycles. The van der Waals surface area contributed by atoms with Gasteiger partial charge in [0.1, 0.15) is 24.7 Å². The molecule has 3 atom stereocenters. The number of carboxylic acid groups (broad SMARTS) is 1. The third-order valence-electron chi connectivity index (χ3n) is 5.60. The van der Waals surface area contributed by atoms with Crippen LogP contribution in [0.1, 0.15) is 51.4 Å². The number of hydrogen-bond acceptors (Lipinski definition) is 8. The van der Waals surface area contributed by atoms with Crippen LogP contribution in [0.5, 0.6) is 0 Å². The Morgan fingerprint density at radius 1 is 0.912 bits per heavy atom.